The number of halogens is 2. The lowest BCUT2D eigenvalue weighted by molar-refractivity contribution is -0.132. The van der Waals surface area contributed by atoms with Crippen molar-refractivity contribution in [3.05, 3.63) is 53.9 Å². The van der Waals surface area contributed by atoms with Crippen LogP contribution < -0.4 is 4.74 Å². The van der Waals surface area contributed by atoms with E-state index in [1.54, 1.807) is 6.92 Å². The molecule has 1 aromatic heterocycles. The number of hydrogen-bond donors (Lipinski definition) is 2. The van der Waals surface area contributed by atoms with Gasteiger partial charge in [0, 0.05) is 12.2 Å². The molecule has 0 unspecified atom stereocenters. The fraction of sp³-hybridized carbons (Fsp3) is 0.188. The minimum atomic E-state index is -2.94. The summed E-state index contributed by atoms with van der Waals surface area (Å²) < 4.78 is 28.9. The molecule has 1 aromatic carbocycles. The largest absolute Gasteiger partial charge is 0.478 e. The molecule has 0 saturated carbocycles. The summed E-state index contributed by atoms with van der Waals surface area (Å²) in [5, 5.41) is 27.8. The van der Waals surface area contributed by atoms with Gasteiger partial charge in [0.15, 0.2) is 5.82 Å². The third-order valence-corrected chi connectivity index (χ3v) is 2.78. The van der Waals surface area contributed by atoms with Crippen LogP contribution in [0.15, 0.2) is 36.9 Å². The minimum Gasteiger partial charge on any atom is -0.478 e. The molecular weight excluding hydrogens is 366 g/mol. The number of rotatable bonds is 7. The molecule has 9 nitrogen and oxygen atoms in total. The van der Waals surface area contributed by atoms with Gasteiger partial charge in [-0.05, 0) is 41.5 Å². The van der Waals surface area contributed by atoms with Crippen molar-refractivity contribution >= 4 is 18.0 Å². The van der Waals surface area contributed by atoms with Gasteiger partial charge in [0.2, 0.25) is 0 Å². The Morgan fingerprint density at radius 3 is 2.48 bits per heavy atom. The SMILES string of the molecule is C=CC(=O)O.Cc1nnn(Cc2cc(OC(F)F)ccc2/C=C/C(=O)O)n1. The molecule has 11 heteroatoms. The highest BCUT2D eigenvalue weighted by Crippen LogP contribution is 2.21. The van der Waals surface area contributed by atoms with Gasteiger partial charge in [0.1, 0.15) is 5.75 Å². The van der Waals surface area contributed by atoms with E-state index in [2.05, 4.69) is 26.7 Å². The number of hydrogen-bond acceptors (Lipinski definition) is 6. The van der Waals surface area contributed by atoms with E-state index in [-0.39, 0.29) is 12.3 Å². The zero-order chi connectivity index (χ0) is 20.4. The number of tetrazole rings is 1. The summed E-state index contributed by atoms with van der Waals surface area (Å²) in [6, 6.07) is 4.19. The van der Waals surface area contributed by atoms with Crippen molar-refractivity contribution in [2.75, 3.05) is 0 Å². The summed E-state index contributed by atoms with van der Waals surface area (Å²) in [6.07, 6.45) is 3.14. The third-order valence-electron chi connectivity index (χ3n) is 2.78. The van der Waals surface area contributed by atoms with E-state index in [4.69, 9.17) is 10.2 Å². The van der Waals surface area contributed by atoms with Gasteiger partial charge < -0.3 is 14.9 Å². The number of carbonyl (C=O) groups is 2. The van der Waals surface area contributed by atoms with E-state index in [1.165, 1.54) is 29.1 Å². The smallest absolute Gasteiger partial charge is 0.387 e. The fourth-order valence-corrected chi connectivity index (χ4v) is 1.76. The molecule has 0 spiro atoms. The number of benzene rings is 1. The number of carboxylic acids is 2. The van der Waals surface area contributed by atoms with Crippen LogP contribution in [-0.4, -0.2) is 49.0 Å². The Morgan fingerprint density at radius 2 is 2.00 bits per heavy atom. The maximum Gasteiger partial charge on any atom is 0.387 e. The Balaban J connectivity index is 0.000000646. The van der Waals surface area contributed by atoms with Gasteiger partial charge in [-0.2, -0.15) is 13.6 Å². The van der Waals surface area contributed by atoms with E-state index >= 15 is 0 Å². The van der Waals surface area contributed by atoms with Gasteiger partial charge >= 0.3 is 18.6 Å². The first kappa shape index (κ1) is 21.4. The monoisotopic (exact) mass is 382 g/mol. The zero-order valence-electron chi connectivity index (χ0n) is 14.1. The molecule has 2 aromatic rings. The van der Waals surface area contributed by atoms with Crippen molar-refractivity contribution in [2.24, 2.45) is 0 Å². The Labute approximate surface area is 152 Å². The standard InChI is InChI=1S/C13H12F2N4O3.C3H4O2/c1-8-16-18-19(17-8)7-10-6-11(22-13(14)15)4-2-9(10)3-5-12(20)21;1-2-3(4)5/h2-6,13H,7H2,1H3,(H,20,21);2H,1H2,(H,4,5)/b5-3+;. The van der Waals surface area contributed by atoms with E-state index < -0.39 is 18.6 Å². The lowest BCUT2D eigenvalue weighted by Gasteiger charge is -2.09. The number of aryl methyl sites for hydroxylation is 1. The van der Waals surface area contributed by atoms with Gasteiger partial charge in [-0.3, -0.25) is 0 Å². The molecule has 0 bridgehead atoms. The summed E-state index contributed by atoms with van der Waals surface area (Å²) in [6.45, 7) is 1.81. The molecule has 0 amide bonds. The number of nitrogens with zero attached hydrogens (tertiary/aromatic N) is 4. The van der Waals surface area contributed by atoms with Crippen LogP contribution in [-0.2, 0) is 16.1 Å². The highest BCUT2D eigenvalue weighted by molar-refractivity contribution is 5.85. The molecule has 27 heavy (non-hydrogen) atoms. The highest BCUT2D eigenvalue weighted by atomic mass is 19.3. The molecule has 0 atom stereocenters. The normalized spacial score (nSPS) is 10.4. The van der Waals surface area contributed by atoms with E-state index in [0.717, 1.165) is 12.2 Å². The van der Waals surface area contributed by atoms with Crippen molar-refractivity contribution in [3.63, 3.8) is 0 Å². The van der Waals surface area contributed by atoms with E-state index in [1.807, 2.05) is 0 Å². The van der Waals surface area contributed by atoms with Crippen LogP contribution >= 0.6 is 0 Å². The van der Waals surface area contributed by atoms with Crippen LogP contribution in [0.4, 0.5) is 8.78 Å². The maximum atomic E-state index is 12.3. The number of carboxylic acid groups (broad SMARTS) is 2. The first-order valence-electron chi connectivity index (χ1n) is 7.29. The quantitative estimate of drug-likeness (QED) is 0.696. The topological polar surface area (TPSA) is 127 Å². The van der Waals surface area contributed by atoms with Crippen molar-refractivity contribution in [2.45, 2.75) is 20.1 Å². The predicted molar refractivity (Wildman–Crippen MR) is 89.2 cm³/mol. The van der Waals surface area contributed by atoms with Gasteiger partial charge in [-0.25, -0.2) is 9.59 Å². The summed E-state index contributed by atoms with van der Waals surface area (Å²) in [4.78, 5) is 21.1. The number of aliphatic carboxylic acids is 2. The molecule has 2 N–H and O–H groups in total. The van der Waals surface area contributed by atoms with Crippen LogP contribution in [0, 0.1) is 6.92 Å². The molecule has 0 aliphatic rings. The van der Waals surface area contributed by atoms with Gasteiger partial charge in [0.05, 0.1) is 6.54 Å². The maximum absolute atomic E-state index is 12.3. The second-order valence-electron chi connectivity index (χ2n) is 4.82. The Hall–Kier alpha value is -3.63. The summed E-state index contributed by atoms with van der Waals surface area (Å²) in [5.41, 5.74) is 1.05. The minimum absolute atomic E-state index is 0.0330. The summed E-state index contributed by atoms with van der Waals surface area (Å²) >= 11 is 0. The van der Waals surface area contributed by atoms with Crippen molar-refractivity contribution < 1.29 is 33.3 Å². The molecule has 2 rings (SSSR count). The summed E-state index contributed by atoms with van der Waals surface area (Å²) in [5.74, 6) is -1.67. The molecular formula is C16H16F2N4O5. The van der Waals surface area contributed by atoms with Crippen molar-refractivity contribution in [1.29, 1.82) is 0 Å². The lowest BCUT2D eigenvalue weighted by Crippen LogP contribution is -2.07. The average Bonchev–Trinajstić information content (AvgIpc) is 2.99. The number of ether oxygens (including phenoxy) is 1. The zero-order valence-corrected chi connectivity index (χ0v) is 14.1. The Morgan fingerprint density at radius 1 is 1.33 bits per heavy atom. The fourth-order valence-electron chi connectivity index (χ4n) is 1.76. The van der Waals surface area contributed by atoms with Crippen LogP contribution in [0.25, 0.3) is 6.08 Å². The third kappa shape index (κ3) is 8.34. The lowest BCUT2D eigenvalue weighted by atomic mass is 10.1. The Bertz CT molecular complexity index is 836. The molecule has 0 aliphatic heterocycles. The molecule has 1 heterocycles. The highest BCUT2D eigenvalue weighted by Gasteiger charge is 2.09. The van der Waals surface area contributed by atoms with Crippen molar-refractivity contribution in [3.8, 4) is 5.75 Å². The molecule has 144 valence electrons. The van der Waals surface area contributed by atoms with Gasteiger partial charge in [-0.1, -0.05) is 12.6 Å². The van der Waals surface area contributed by atoms with Gasteiger partial charge in [0.25, 0.3) is 0 Å². The molecule has 0 radical (unpaired) electrons. The average molecular weight is 382 g/mol. The second kappa shape index (κ2) is 10.4. The second-order valence-corrected chi connectivity index (χ2v) is 4.82. The first-order valence-corrected chi connectivity index (χ1v) is 7.29. The number of alkyl halides is 2. The first-order chi connectivity index (χ1) is 12.7. The van der Waals surface area contributed by atoms with Crippen LogP contribution in [0.1, 0.15) is 17.0 Å². The van der Waals surface area contributed by atoms with Gasteiger partial charge in [-0.15, -0.1) is 10.2 Å². The predicted octanol–water partition coefficient (Wildman–Crippen LogP) is 1.99. The van der Waals surface area contributed by atoms with Crippen LogP contribution in [0.3, 0.4) is 0 Å². The molecule has 0 fully saturated rings. The molecule has 0 saturated heterocycles. The summed E-state index contributed by atoms with van der Waals surface area (Å²) in [7, 11) is 0. The molecule has 0 aliphatic carbocycles. The van der Waals surface area contributed by atoms with Crippen LogP contribution in [0.5, 0.6) is 5.75 Å². The number of aromatic nitrogens is 4. The van der Waals surface area contributed by atoms with Crippen molar-refractivity contribution in [1.82, 2.24) is 20.2 Å². The van der Waals surface area contributed by atoms with E-state index in [9.17, 15) is 18.4 Å². The van der Waals surface area contributed by atoms with Crippen LogP contribution in [0.2, 0.25) is 0 Å². The van der Waals surface area contributed by atoms with E-state index in [0.29, 0.717) is 17.0 Å². The Kier molecular flexibility index (Phi) is 8.23.